The highest BCUT2D eigenvalue weighted by molar-refractivity contribution is 7.14. The van der Waals surface area contributed by atoms with Crippen LogP contribution in [-0.2, 0) is 9.59 Å². The van der Waals surface area contributed by atoms with Gasteiger partial charge in [-0.2, -0.15) is 5.10 Å². The van der Waals surface area contributed by atoms with E-state index in [2.05, 4.69) is 25.8 Å². The van der Waals surface area contributed by atoms with E-state index in [4.69, 9.17) is 0 Å². The molecule has 1 aliphatic heterocycles. The minimum atomic E-state index is -0.338. The fourth-order valence-electron chi connectivity index (χ4n) is 2.55. The number of hydrazone groups is 1. The third-order valence-corrected chi connectivity index (χ3v) is 4.51. The van der Waals surface area contributed by atoms with Crippen LogP contribution in [0.15, 0.2) is 40.9 Å². The van der Waals surface area contributed by atoms with Crippen molar-refractivity contribution in [2.75, 3.05) is 5.32 Å². The topological polar surface area (TPSA) is 99.2 Å². The number of H-pyrrole nitrogens is 1. The van der Waals surface area contributed by atoms with E-state index in [1.807, 2.05) is 35.8 Å². The molecular formula is C16H13N5O2S. The lowest BCUT2D eigenvalue weighted by molar-refractivity contribution is -0.121. The number of carbonyl (C=O) groups is 2. The van der Waals surface area contributed by atoms with Crippen molar-refractivity contribution in [1.82, 2.24) is 15.4 Å². The van der Waals surface area contributed by atoms with Crippen LogP contribution in [0, 0.1) is 0 Å². The Bertz CT molecular complexity index is 972. The highest BCUT2D eigenvalue weighted by Crippen LogP contribution is 2.30. The molecule has 7 nitrogen and oxygen atoms in total. The standard InChI is InChI=1S/C16H13N5O2S/c22-14-6-5-12(20-21-14)15(23)19-16-18-13(8-24-16)10-7-17-11-4-2-1-3-9(10)11/h1-4,7-8,17H,5-6H2,(H,21,22)(H,18,19,23). The predicted octanol–water partition coefficient (Wildman–Crippen LogP) is 2.50. The average Bonchev–Trinajstić information content (AvgIpc) is 3.22. The molecule has 1 aliphatic rings. The molecule has 3 heterocycles. The molecule has 0 saturated carbocycles. The number of nitrogens with zero attached hydrogens (tertiary/aromatic N) is 2. The number of carbonyl (C=O) groups excluding carboxylic acids is 2. The first-order chi connectivity index (χ1) is 11.7. The summed E-state index contributed by atoms with van der Waals surface area (Å²) in [6, 6.07) is 7.98. The number of aromatic nitrogens is 2. The number of aromatic amines is 1. The highest BCUT2D eigenvalue weighted by Gasteiger charge is 2.19. The first-order valence-electron chi connectivity index (χ1n) is 7.39. The van der Waals surface area contributed by atoms with Gasteiger partial charge in [-0.1, -0.05) is 18.2 Å². The van der Waals surface area contributed by atoms with E-state index in [0.29, 0.717) is 17.3 Å². The maximum absolute atomic E-state index is 12.1. The molecular weight excluding hydrogens is 326 g/mol. The second-order valence-electron chi connectivity index (χ2n) is 5.33. The first-order valence-corrected chi connectivity index (χ1v) is 8.27. The lowest BCUT2D eigenvalue weighted by atomic mass is 10.1. The van der Waals surface area contributed by atoms with Crippen LogP contribution in [0.25, 0.3) is 22.2 Å². The molecule has 3 N–H and O–H groups in total. The lowest BCUT2D eigenvalue weighted by Crippen LogP contribution is -2.32. The Morgan fingerprint density at radius 1 is 1.25 bits per heavy atom. The molecule has 120 valence electrons. The van der Waals surface area contributed by atoms with Crippen LogP contribution in [0.5, 0.6) is 0 Å². The number of para-hydroxylation sites is 1. The molecule has 0 aliphatic carbocycles. The molecule has 0 radical (unpaired) electrons. The molecule has 0 fully saturated rings. The molecule has 24 heavy (non-hydrogen) atoms. The Morgan fingerprint density at radius 3 is 2.96 bits per heavy atom. The number of thiazole rings is 1. The summed E-state index contributed by atoms with van der Waals surface area (Å²) in [5, 5.41) is 10.00. The van der Waals surface area contributed by atoms with Crippen molar-refractivity contribution in [3.05, 3.63) is 35.8 Å². The monoisotopic (exact) mass is 339 g/mol. The summed E-state index contributed by atoms with van der Waals surface area (Å²) in [4.78, 5) is 30.9. The average molecular weight is 339 g/mol. The second kappa shape index (κ2) is 5.89. The molecule has 2 aromatic heterocycles. The normalized spacial score (nSPS) is 14.3. The largest absolute Gasteiger partial charge is 0.360 e. The van der Waals surface area contributed by atoms with Gasteiger partial charge in [0.25, 0.3) is 5.91 Å². The van der Waals surface area contributed by atoms with E-state index >= 15 is 0 Å². The van der Waals surface area contributed by atoms with Gasteiger partial charge < -0.3 is 4.98 Å². The van der Waals surface area contributed by atoms with Crippen LogP contribution >= 0.6 is 11.3 Å². The second-order valence-corrected chi connectivity index (χ2v) is 6.19. The fraction of sp³-hybridized carbons (Fsp3) is 0.125. The minimum absolute atomic E-state index is 0.178. The number of hydrogen-bond acceptors (Lipinski definition) is 5. The summed E-state index contributed by atoms with van der Waals surface area (Å²) in [6.45, 7) is 0. The van der Waals surface area contributed by atoms with E-state index < -0.39 is 0 Å². The molecule has 8 heteroatoms. The van der Waals surface area contributed by atoms with Crippen LogP contribution in [-0.4, -0.2) is 27.5 Å². The van der Waals surface area contributed by atoms with Crippen molar-refractivity contribution >= 4 is 44.9 Å². The molecule has 0 unspecified atom stereocenters. The van der Waals surface area contributed by atoms with Crippen LogP contribution in [0.1, 0.15) is 12.8 Å². The van der Waals surface area contributed by atoms with Crippen molar-refractivity contribution in [3.63, 3.8) is 0 Å². The van der Waals surface area contributed by atoms with E-state index in [0.717, 1.165) is 22.2 Å². The van der Waals surface area contributed by atoms with Crippen molar-refractivity contribution in [1.29, 1.82) is 0 Å². The molecule has 0 bridgehead atoms. The zero-order valence-electron chi connectivity index (χ0n) is 12.5. The van der Waals surface area contributed by atoms with Gasteiger partial charge >= 0.3 is 0 Å². The Labute approximate surface area is 140 Å². The van der Waals surface area contributed by atoms with Crippen LogP contribution in [0.4, 0.5) is 5.13 Å². The molecule has 2 amide bonds. The van der Waals surface area contributed by atoms with Gasteiger partial charge in [0, 0.05) is 40.9 Å². The molecule has 3 aromatic rings. The van der Waals surface area contributed by atoms with Crippen LogP contribution in [0.3, 0.4) is 0 Å². The van der Waals surface area contributed by atoms with Crippen molar-refractivity contribution in [2.45, 2.75) is 12.8 Å². The lowest BCUT2D eigenvalue weighted by Gasteiger charge is -2.10. The van der Waals surface area contributed by atoms with E-state index in [9.17, 15) is 9.59 Å². The Hall–Kier alpha value is -3.00. The summed E-state index contributed by atoms with van der Waals surface area (Å²) in [6.07, 6.45) is 2.51. The maximum Gasteiger partial charge on any atom is 0.273 e. The first kappa shape index (κ1) is 14.6. The van der Waals surface area contributed by atoms with Crippen LogP contribution < -0.4 is 10.7 Å². The number of rotatable bonds is 3. The van der Waals surface area contributed by atoms with E-state index in [1.54, 1.807) is 0 Å². The van der Waals surface area contributed by atoms with Crippen molar-refractivity contribution in [3.8, 4) is 11.3 Å². The third kappa shape index (κ3) is 2.67. The number of amides is 2. The number of hydrogen-bond donors (Lipinski definition) is 3. The molecule has 0 spiro atoms. The van der Waals surface area contributed by atoms with Gasteiger partial charge in [-0.05, 0) is 6.07 Å². The third-order valence-electron chi connectivity index (χ3n) is 3.76. The smallest absolute Gasteiger partial charge is 0.273 e. The molecule has 4 rings (SSSR count). The van der Waals surface area contributed by atoms with Gasteiger partial charge in [0.05, 0.1) is 5.69 Å². The van der Waals surface area contributed by atoms with Gasteiger partial charge in [0.15, 0.2) is 5.13 Å². The Kier molecular flexibility index (Phi) is 3.58. The van der Waals surface area contributed by atoms with Crippen molar-refractivity contribution in [2.24, 2.45) is 5.10 Å². The zero-order chi connectivity index (χ0) is 16.5. The SMILES string of the molecule is O=C1CCC(C(=O)Nc2nc(-c3c[nH]c4ccccc34)cs2)=NN1. The molecule has 0 saturated heterocycles. The van der Waals surface area contributed by atoms with Gasteiger partial charge in [-0.25, -0.2) is 10.4 Å². The summed E-state index contributed by atoms with van der Waals surface area (Å²) >= 11 is 1.35. The number of nitrogens with one attached hydrogen (secondary N) is 3. The number of anilines is 1. The number of benzene rings is 1. The zero-order valence-corrected chi connectivity index (χ0v) is 13.3. The van der Waals surface area contributed by atoms with Crippen molar-refractivity contribution < 1.29 is 9.59 Å². The summed E-state index contributed by atoms with van der Waals surface area (Å²) in [5.74, 6) is -0.516. The fourth-order valence-corrected chi connectivity index (χ4v) is 3.25. The van der Waals surface area contributed by atoms with Gasteiger partial charge in [0.2, 0.25) is 5.91 Å². The Morgan fingerprint density at radius 2 is 2.12 bits per heavy atom. The summed E-state index contributed by atoms with van der Waals surface area (Å²) in [5.41, 5.74) is 5.45. The van der Waals surface area contributed by atoms with E-state index in [-0.39, 0.29) is 18.2 Å². The van der Waals surface area contributed by atoms with Crippen LogP contribution in [0.2, 0.25) is 0 Å². The van der Waals surface area contributed by atoms with Gasteiger partial charge in [0.1, 0.15) is 5.71 Å². The van der Waals surface area contributed by atoms with Gasteiger partial charge in [-0.3, -0.25) is 14.9 Å². The molecule has 0 atom stereocenters. The minimum Gasteiger partial charge on any atom is -0.360 e. The maximum atomic E-state index is 12.1. The highest BCUT2D eigenvalue weighted by atomic mass is 32.1. The molecule has 1 aromatic carbocycles. The Balaban J connectivity index is 1.55. The predicted molar refractivity (Wildman–Crippen MR) is 92.8 cm³/mol. The summed E-state index contributed by atoms with van der Waals surface area (Å²) in [7, 11) is 0. The van der Waals surface area contributed by atoms with E-state index in [1.165, 1.54) is 11.3 Å². The quantitative estimate of drug-likeness (QED) is 0.683. The van der Waals surface area contributed by atoms with Gasteiger partial charge in [-0.15, -0.1) is 11.3 Å². The summed E-state index contributed by atoms with van der Waals surface area (Å²) < 4.78 is 0. The number of fused-ring (bicyclic) bond motifs is 1.